The highest BCUT2D eigenvalue weighted by Gasteiger charge is 2.17. The summed E-state index contributed by atoms with van der Waals surface area (Å²) in [4.78, 5) is 18.6. The van der Waals surface area contributed by atoms with Crippen LogP contribution in [0.2, 0.25) is 5.15 Å². The Morgan fingerprint density at radius 1 is 1.47 bits per heavy atom. The van der Waals surface area contributed by atoms with Crippen molar-refractivity contribution < 1.29 is 13.2 Å². The number of nitrogens with zero attached hydrogens (tertiary/aromatic N) is 2. The molecule has 100 valence electrons. The third-order valence-electron chi connectivity index (χ3n) is 2.09. The Hall–Kier alpha value is -1.51. The van der Waals surface area contributed by atoms with Gasteiger partial charge in [-0.15, -0.1) is 11.3 Å². The number of aromatic nitrogens is 2. The maximum absolute atomic E-state index is 12.0. The number of rotatable bonds is 4. The van der Waals surface area contributed by atoms with Crippen LogP contribution in [0, 0.1) is 0 Å². The summed E-state index contributed by atoms with van der Waals surface area (Å²) < 4.78 is 26.3. The summed E-state index contributed by atoms with van der Waals surface area (Å²) in [5.41, 5.74) is 0.218. The number of thiazole rings is 1. The molecule has 1 N–H and O–H groups in total. The van der Waals surface area contributed by atoms with Gasteiger partial charge >= 0.3 is 0 Å². The molecule has 0 aromatic carbocycles. The van der Waals surface area contributed by atoms with Gasteiger partial charge in [0.15, 0.2) is 10.9 Å². The first-order valence-electron chi connectivity index (χ1n) is 4.99. The molecule has 6 nitrogen and oxygen atoms in total. The van der Waals surface area contributed by atoms with Crippen LogP contribution in [0.1, 0.15) is 17.4 Å². The second-order valence-corrected chi connectivity index (χ2v) is 6.44. The van der Waals surface area contributed by atoms with Gasteiger partial charge < -0.3 is 0 Å². The summed E-state index contributed by atoms with van der Waals surface area (Å²) in [5.74, 6) is -0.228. The van der Waals surface area contributed by atoms with E-state index in [1.807, 2.05) is 0 Å². The van der Waals surface area contributed by atoms with E-state index in [0.29, 0.717) is 0 Å². The molecule has 2 rings (SSSR count). The van der Waals surface area contributed by atoms with Crippen LogP contribution >= 0.6 is 22.9 Å². The van der Waals surface area contributed by atoms with Crippen molar-refractivity contribution in [2.75, 3.05) is 4.72 Å². The van der Waals surface area contributed by atoms with E-state index in [9.17, 15) is 13.2 Å². The van der Waals surface area contributed by atoms with Gasteiger partial charge in [-0.1, -0.05) is 11.6 Å². The molecule has 2 aromatic rings. The average Bonchev–Trinajstić information content (AvgIpc) is 2.77. The summed E-state index contributed by atoms with van der Waals surface area (Å²) in [6.07, 6.45) is 1.29. The third-order valence-corrected chi connectivity index (χ3v) is 4.53. The summed E-state index contributed by atoms with van der Waals surface area (Å²) in [6.45, 7) is 1.36. The van der Waals surface area contributed by atoms with E-state index < -0.39 is 10.0 Å². The van der Waals surface area contributed by atoms with Crippen molar-refractivity contribution in [3.05, 3.63) is 34.6 Å². The highest BCUT2D eigenvalue weighted by atomic mass is 35.5. The maximum atomic E-state index is 12.0. The minimum absolute atomic E-state index is 0.0212. The molecule has 0 bridgehead atoms. The highest BCUT2D eigenvalue weighted by Crippen LogP contribution is 2.21. The van der Waals surface area contributed by atoms with Crippen LogP contribution < -0.4 is 4.72 Å². The van der Waals surface area contributed by atoms with Gasteiger partial charge in [-0.05, 0) is 12.1 Å². The van der Waals surface area contributed by atoms with Gasteiger partial charge in [0, 0.05) is 18.5 Å². The predicted molar refractivity (Wildman–Crippen MR) is 72.2 cm³/mol. The van der Waals surface area contributed by atoms with Gasteiger partial charge in [0.05, 0.1) is 4.90 Å². The molecule has 19 heavy (non-hydrogen) atoms. The summed E-state index contributed by atoms with van der Waals surface area (Å²) in [6, 6.07) is 2.54. The van der Waals surface area contributed by atoms with E-state index in [1.54, 1.807) is 0 Å². The molecule has 0 fully saturated rings. The van der Waals surface area contributed by atoms with Crippen molar-refractivity contribution in [2.45, 2.75) is 11.8 Å². The molecule has 0 atom stereocenters. The second kappa shape index (κ2) is 5.24. The highest BCUT2D eigenvalue weighted by molar-refractivity contribution is 7.93. The minimum Gasteiger partial charge on any atom is -0.293 e. The standard InChI is InChI=1S/C10H8ClN3O3S2/c1-6(15)8-5-18-10(13-8)14-19(16,17)7-2-3-12-9(11)4-7/h2-5H,1H3,(H,13,14). The number of Topliss-reactive ketones (excluding diaryl/α,β-unsaturated/α-hetero) is 1. The Kier molecular flexibility index (Phi) is 3.83. The van der Waals surface area contributed by atoms with Gasteiger partial charge in [0.2, 0.25) is 0 Å². The van der Waals surface area contributed by atoms with E-state index in [4.69, 9.17) is 11.6 Å². The molecule has 2 aromatic heterocycles. The Labute approximate surface area is 118 Å². The number of carbonyl (C=O) groups excluding carboxylic acids is 1. The summed E-state index contributed by atoms with van der Waals surface area (Å²) in [5, 5.41) is 1.68. The molecule has 0 saturated heterocycles. The molecule has 0 aliphatic rings. The average molecular weight is 318 g/mol. The first-order valence-corrected chi connectivity index (χ1v) is 7.73. The normalized spacial score (nSPS) is 11.3. The minimum atomic E-state index is -3.79. The quantitative estimate of drug-likeness (QED) is 0.689. The van der Waals surface area contributed by atoms with Gasteiger partial charge in [0.1, 0.15) is 10.8 Å². The third kappa shape index (κ3) is 3.28. The molecule has 2 heterocycles. The Morgan fingerprint density at radius 3 is 2.79 bits per heavy atom. The zero-order valence-electron chi connectivity index (χ0n) is 9.62. The smallest absolute Gasteiger partial charge is 0.263 e. The number of ketones is 1. The number of anilines is 1. The molecule has 0 aliphatic carbocycles. The van der Waals surface area contributed by atoms with Crippen LogP contribution in [0.4, 0.5) is 5.13 Å². The van der Waals surface area contributed by atoms with Crippen LogP contribution in [0.25, 0.3) is 0 Å². The van der Waals surface area contributed by atoms with Crippen molar-refractivity contribution >= 4 is 43.9 Å². The van der Waals surface area contributed by atoms with Crippen molar-refractivity contribution in [1.82, 2.24) is 9.97 Å². The van der Waals surface area contributed by atoms with Gasteiger partial charge in [-0.25, -0.2) is 18.4 Å². The number of halogens is 1. The van der Waals surface area contributed by atoms with Crippen LogP contribution in [-0.4, -0.2) is 24.2 Å². The predicted octanol–water partition coefficient (Wildman–Crippen LogP) is 2.19. The zero-order valence-corrected chi connectivity index (χ0v) is 12.0. The number of hydrogen-bond acceptors (Lipinski definition) is 6. The summed E-state index contributed by atoms with van der Waals surface area (Å²) >= 11 is 6.67. The number of nitrogens with one attached hydrogen (secondary N) is 1. The van der Waals surface area contributed by atoms with Gasteiger partial charge in [-0.2, -0.15) is 0 Å². The molecule has 0 spiro atoms. The molecule has 0 unspecified atom stereocenters. The van der Waals surface area contributed by atoms with Crippen LogP contribution in [-0.2, 0) is 10.0 Å². The van der Waals surface area contributed by atoms with E-state index in [1.165, 1.54) is 30.6 Å². The molecule has 0 radical (unpaired) electrons. The maximum Gasteiger partial charge on any atom is 0.263 e. The van der Waals surface area contributed by atoms with Crippen LogP contribution in [0.15, 0.2) is 28.6 Å². The Morgan fingerprint density at radius 2 is 2.21 bits per heavy atom. The van der Waals surface area contributed by atoms with E-state index in [2.05, 4.69) is 14.7 Å². The number of carbonyl (C=O) groups is 1. The Bertz CT molecular complexity index is 727. The molecular formula is C10H8ClN3O3S2. The van der Waals surface area contributed by atoms with Gasteiger partial charge in [0.25, 0.3) is 10.0 Å². The fraction of sp³-hybridized carbons (Fsp3) is 0.100. The number of sulfonamides is 1. The number of hydrogen-bond donors (Lipinski definition) is 1. The van der Waals surface area contributed by atoms with Gasteiger partial charge in [-0.3, -0.25) is 9.52 Å². The summed E-state index contributed by atoms with van der Waals surface area (Å²) in [7, 11) is -3.79. The lowest BCUT2D eigenvalue weighted by molar-refractivity contribution is 0.101. The second-order valence-electron chi connectivity index (χ2n) is 3.51. The first kappa shape index (κ1) is 13.9. The SMILES string of the molecule is CC(=O)c1csc(NS(=O)(=O)c2ccnc(Cl)c2)n1. The lowest BCUT2D eigenvalue weighted by Gasteiger charge is -2.04. The first-order chi connectivity index (χ1) is 8.88. The zero-order chi connectivity index (χ0) is 14.0. The fourth-order valence-electron chi connectivity index (χ4n) is 1.21. The largest absolute Gasteiger partial charge is 0.293 e. The van der Waals surface area contributed by atoms with E-state index in [-0.39, 0.29) is 26.7 Å². The lowest BCUT2D eigenvalue weighted by Crippen LogP contribution is -2.13. The van der Waals surface area contributed by atoms with Crippen molar-refractivity contribution in [3.8, 4) is 0 Å². The van der Waals surface area contributed by atoms with E-state index in [0.717, 1.165) is 11.3 Å². The fourth-order valence-corrected chi connectivity index (χ4v) is 3.46. The Balaban J connectivity index is 2.28. The van der Waals surface area contributed by atoms with Crippen molar-refractivity contribution in [2.24, 2.45) is 0 Å². The molecular weight excluding hydrogens is 310 g/mol. The van der Waals surface area contributed by atoms with Crippen LogP contribution in [0.3, 0.4) is 0 Å². The number of pyridine rings is 1. The van der Waals surface area contributed by atoms with E-state index >= 15 is 0 Å². The van der Waals surface area contributed by atoms with Crippen molar-refractivity contribution in [3.63, 3.8) is 0 Å². The molecule has 9 heteroatoms. The lowest BCUT2D eigenvalue weighted by atomic mass is 10.4. The molecule has 0 amide bonds. The topological polar surface area (TPSA) is 89.0 Å². The molecule has 0 saturated carbocycles. The van der Waals surface area contributed by atoms with Crippen molar-refractivity contribution in [1.29, 1.82) is 0 Å². The molecule has 0 aliphatic heterocycles. The monoisotopic (exact) mass is 317 g/mol. The van der Waals surface area contributed by atoms with Crippen LogP contribution in [0.5, 0.6) is 0 Å².